The van der Waals surface area contributed by atoms with E-state index in [4.69, 9.17) is 9.47 Å². The molecular formula is C20H23NO3. The van der Waals surface area contributed by atoms with Crippen molar-refractivity contribution in [2.75, 3.05) is 20.3 Å². The van der Waals surface area contributed by atoms with Crippen LogP contribution in [-0.2, 0) is 9.47 Å². The van der Waals surface area contributed by atoms with Gasteiger partial charge in [0.15, 0.2) is 0 Å². The quantitative estimate of drug-likeness (QED) is 0.939. The number of hydrogen-bond acceptors (Lipinski definition) is 3. The lowest BCUT2D eigenvalue weighted by molar-refractivity contribution is -0.0479. The number of ether oxygens (including phenoxy) is 2. The molecule has 1 aliphatic heterocycles. The monoisotopic (exact) mass is 325 g/mol. The molecule has 1 fully saturated rings. The van der Waals surface area contributed by atoms with Crippen molar-refractivity contribution < 1.29 is 14.3 Å². The van der Waals surface area contributed by atoms with Gasteiger partial charge in [-0.25, -0.2) is 0 Å². The number of amides is 1. The second kappa shape index (κ2) is 7.60. The van der Waals surface area contributed by atoms with Crippen LogP contribution < -0.4 is 5.32 Å². The lowest BCUT2D eigenvalue weighted by atomic mass is 9.97. The number of benzene rings is 2. The molecule has 0 spiro atoms. The molecule has 1 aliphatic rings. The van der Waals surface area contributed by atoms with Crippen LogP contribution in [0.1, 0.15) is 22.3 Å². The first kappa shape index (κ1) is 16.7. The third-order valence-corrected chi connectivity index (χ3v) is 4.42. The molecule has 126 valence electrons. The maximum absolute atomic E-state index is 12.8. The van der Waals surface area contributed by atoms with E-state index in [1.807, 2.05) is 36.4 Å². The first-order chi connectivity index (χ1) is 11.7. The second-order valence-corrected chi connectivity index (χ2v) is 6.13. The molecule has 0 aromatic heterocycles. The summed E-state index contributed by atoms with van der Waals surface area (Å²) in [6.07, 6.45) is 0.658. The number of carbonyl (C=O) groups is 1. The molecule has 4 nitrogen and oxygen atoms in total. The normalized spacial score (nSPS) is 20.6. The van der Waals surface area contributed by atoms with E-state index >= 15 is 0 Å². The average molecular weight is 325 g/mol. The Balaban J connectivity index is 1.85. The van der Waals surface area contributed by atoms with E-state index in [9.17, 15) is 4.79 Å². The summed E-state index contributed by atoms with van der Waals surface area (Å²) in [4.78, 5) is 12.8. The molecule has 0 unspecified atom stereocenters. The number of carbonyl (C=O) groups excluding carboxylic acids is 1. The zero-order valence-electron chi connectivity index (χ0n) is 14.1. The SMILES string of the molecule is CO[C@@H]1COCC[C@H]1NC(=O)c1ccccc1-c1cccc(C)c1. The number of nitrogens with one attached hydrogen (secondary N) is 1. The van der Waals surface area contributed by atoms with Gasteiger partial charge in [-0.05, 0) is 30.5 Å². The third kappa shape index (κ3) is 3.66. The van der Waals surface area contributed by atoms with Crippen LogP contribution in [0.4, 0.5) is 0 Å². The summed E-state index contributed by atoms with van der Waals surface area (Å²) in [7, 11) is 1.65. The first-order valence-electron chi connectivity index (χ1n) is 8.26. The van der Waals surface area contributed by atoms with Crippen LogP contribution in [0.15, 0.2) is 48.5 Å². The molecule has 2 aromatic rings. The Labute approximate surface area is 142 Å². The number of aryl methyl sites for hydroxylation is 1. The van der Waals surface area contributed by atoms with E-state index in [0.29, 0.717) is 18.8 Å². The van der Waals surface area contributed by atoms with E-state index in [1.54, 1.807) is 7.11 Å². The zero-order chi connectivity index (χ0) is 16.9. The Hall–Kier alpha value is -2.17. The number of methoxy groups -OCH3 is 1. The van der Waals surface area contributed by atoms with Crippen molar-refractivity contribution in [3.05, 3.63) is 59.7 Å². The third-order valence-electron chi connectivity index (χ3n) is 4.42. The largest absolute Gasteiger partial charge is 0.379 e. The molecule has 0 aliphatic carbocycles. The summed E-state index contributed by atoms with van der Waals surface area (Å²) in [5, 5.41) is 3.12. The molecule has 1 amide bonds. The molecule has 0 saturated carbocycles. The van der Waals surface area contributed by atoms with Gasteiger partial charge in [-0.2, -0.15) is 0 Å². The Morgan fingerprint density at radius 2 is 2.04 bits per heavy atom. The molecule has 1 N–H and O–H groups in total. The predicted molar refractivity (Wildman–Crippen MR) is 94.1 cm³/mol. The minimum Gasteiger partial charge on any atom is -0.379 e. The van der Waals surface area contributed by atoms with Gasteiger partial charge in [-0.3, -0.25) is 4.79 Å². The number of hydrogen-bond donors (Lipinski definition) is 1. The fourth-order valence-corrected chi connectivity index (χ4v) is 3.10. The minimum absolute atomic E-state index is 0.0261. The van der Waals surface area contributed by atoms with E-state index in [-0.39, 0.29) is 18.1 Å². The van der Waals surface area contributed by atoms with Crippen LogP contribution in [0.5, 0.6) is 0 Å². The highest BCUT2D eigenvalue weighted by Gasteiger charge is 2.27. The molecule has 24 heavy (non-hydrogen) atoms. The Morgan fingerprint density at radius 1 is 1.21 bits per heavy atom. The van der Waals surface area contributed by atoms with Crippen molar-refractivity contribution in [3.63, 3.8) is 0 Å². The summed E-state index contributed by atoms with van der Waals surface area (Å²) < 4.78 is 10.9. The predicted octanol–water partition coefficient (Wildman–Crippen LogP) is 3.20. The Bertz CT molecular complexity index is 714. The highest BCUT2D eigenvalue weighted by Crippen LogP contribution is 2.25. The summed E-state index contributed by atoms with van der Waals surface area (Å²) >= 11 is 0. The van der Waals surface area contributed by atoms with Crippen LogP contribution >= 0.6 is 0 Å². The van der Waals surface area contributed by atoms with Crippen molar-refractivity contribution in [1.82, 2.24) is 5.32 Å². The Morgan fingerprint density at radius 3 is 2.83 bits per heavy atom. The summed E-state index contributed by atoms with van der Waals surface area (Å²) in [5.41, 5.74) is 3.85. The van der Waals surface area contributed by atoms with E-state index in [2.05, 4.69) is 24.4 Å². The highest BCUT2D eigenvalue weighted by molar-refractivity contribution is 6.01. The lowest BCUT2D eigenvalue weighted by Crippen LogP contribution is -2.49. The molecule has 2 atom stereocenters. The smallest absolute Gasteiger partial charge is 0.252 e. The minimum atomic E-state index is -0.103. The lowest BCUT2D eigenvalue weighted by Gasteiger charge is -2.31. The molecule has 2 aromatic carbocycles. The molecule has 0 bridgehead atoms. The van der Waals surface area contributed by atoms with Crippen LogP contribution in [0.25, 0.3) is 11.1 Å². The fourth-order valence-electron chi connectivity index (χ4n) is 3.10. The average Bonchev–Trinajstić information content (AvgIpc) is 2.62. The van der Waals surface area contributed by atoms with Gasteiger partial charge in [0.25, 0.3) is 5.91 Å². The van der Waals surface area contributed by atoms with Crippen molar-refractivity contribution in [2.45, 2.75) is 25.5 Å². The van der Waals surface area contributed by atoms with Gasteiger partial charge in [0.1, 0.15) is 6.10 Å². The number of rotatable bonds is 4. The van der Waals surface area contributed by atoms with Gasteiger partial charge in [0.2, 0.25) is 0 Å². The topological polar surface area (TPSA) is 47.6 Å². The first-order valence-corrected chi connectivity index (χ1v) is 8.26. The summed E-state index contributed by atoms with van der Waals surface area (Å²) in [6, 6.07) is 15.9. The zero-order valence-corrected chi connectivity index (χ0v) is 14.1. The summed E-state index contributed by atoms with van der Waals surface area (Å²) in [5.74, 6) is -0.0685. The fraction of sp³-hybridized carbons (Fsp3) is 0.350. The van der Waals surface area contributed by atoms with E-state index in [0.717, 1.165) is 17.5 Å². The van der Waals surface area contributed by atoms with Crippen molar-refractivity contribution in [3.8, 4) is 11.1 Å². The highest BCUT2D eigenvalue weighted by atomic mass is 16.5. The van der Waals surface area contributed by atoms with E-state index < -0.39 is 0 Å². The van der Waals surface area contributed by atoms with Gasteiger partial charge >= 0.3 is 0 Å². The van der Waals surface area contributed by atoms with Gasteiger partial charge < -0.3 is 14.8 Å². The maximum Gasteiger partial charge on any atom is 0.252 e. The molecular weight excluding hydrogens is 302 g/mol. The van der Waals surface area contributed by atoms with Crippen LogP contribution in [0.2, 0.25) is 0 Å². The van der Waals surface area contributed by atoms with Crippen molar-refractivity contribution >= 4 is 5.91 Å². The van der Waals surface area contributed by atoms with Crippen LogP contribution in [0.3, 0.4) is 0 Å². The van der Waals surface area contributed by atoms with Gasteiger partial charge in [-0.1, -0.05) is 48.0 Å². The van der Waals surface area contributed by atoms with Crippen LogP contribution in [-0.4, -0.2) is 38.4 Å². The van der Waals surface area contributed by atoms with Crippen molar-refractivity contribution in [1.29, 1.82) is 0 Å². The van der Waals surface area contributed by atoms with Crippen LogP contribution in [0, 0.1) is 6.92 Å². The molecule has 3 rings (SSSR count). The van der Waals surface area contributed by atoms with E-state index in [1.165, 1.54) is 5.56 Å². The van der Waals surface area contributed by atoms with Gasteiger partial charge in [0.05, 0.1) is 12.6 Å². The van der Waals surface area contributed by atoms with Gasteiger partial charge in [0, 0.05) is 19.3 Å². The summed E-state index contributed by atoms with van der Waals surface area (Å²) in [6.45, 7) is 3.21. The molecule has 1 saturated heterocycles. The maximum atomic E-state index is 12.8. The standard InChI is InChI=1S/C20H23NO3/c1-14-6-5-7-15(12-14)16-8-3-4-9-17(16)20(22)21-18-10-11-24-13-19(18)23-2/h3-9,12,18-19H,10-11,13H2,1-2H3,(H,21,22)/t18-,19-/m1/s1. The Kier molecular flexibility index (Phi) is 5.28. The van der Waals surface area contributed by atoms with Gasteiger partial charge in [-0.15, -0.1) is 0 Å². The molecule has 0 radical (unpaired) electrons. The second-order valence-electron chi connectivity index (χ2n) is 6.13. The molecule has 4 heteroatoms. The van der Waals surface area contributed by atoms with Crippen molar-refractivity contribution in [2.24, 2.45) is 0 Å². The molecule has 1 heterocycles.